The second kappa shape index (κ2) is 8.70. The second-order valence-electron chi connectivity index (χ2n) is 6.83. The Bertz CT molecular complexity index is 1260. The number of rotatable bonds is 6. The molecule has 0 radical (unpaired) electrons. The summed E-state index contributed by atoms with van der Waals surface area (Å²) in [6, 6.07) is 15.0. The Kier molecular flexibility index (Phi) is 5.64. The summed E-state index contributed by atoms with van der Waals surface area (Å²) in [5.74, 6) is 0.282. The molecule has 0 fully saturated rings. The molecule has 0 spiro atoms. The van der Waals surface area contributed by atoms with Crippen molar-refractivity contribution in [1.82, 2.24) is 9.99 Å². The molecule has 12 heteroatoms. The summed E-state index contributed by atoms with van der Waals surface area (Å²) >= 11 is 0. The Morgan fingerprint density at radius 1 is 1.03 bits per heavy atom. The van der Waals surface area contributed by atoms with Gasteiger partial charge in [0.05, 0.1) is 9.85 Å². The van der Waals surface area contributed by atoms with Crippen molar-refractivity contribution in [3.63, 3.8) is 0 Å². The number of amides is 1. The molecule has 33 heavy (non-hydrogen) atoms. The van der Waals surface area contributed by atoms with E-state index >= 15 is 0 Å². The van der Waals surface area contributed by atoms with Crippen molar-refractivity contribution in [2.24, 2.45) is 5.10 Å². The fourth-order valence-corrected chi connectivity index (χ4v) is 3.01. The van der Waals surface area contributed by atoms with Crippen LogP contribution < -0.4 is 4.74 Å². The lowest BCUT2D eigenvalue weighted by atomic mass is 10.1. The van der Waals surface area contributed by atoms with Gasteiger partial charge in [0.2, 0.25) is 23.9 Å². The molecular weight excluding hydrogens is 434 g/mol. The molecule has 0 saturated carbocycles. The summed E-state index contributed by atoms with van der Waals surface area (Å²) in [7, 11) is 0. The van der Waals surface area contributed by atoms with Gasteiger partial charge in [-0.2, -0.15) is 5.01 Å². The molecule has 1 aliphatic heterocycles. The van der Waals surface area contributed by atoms with E-state index in [9.17, 15) is 25.0 Å². The maximum atomic E-state index is 12.1. The van der Waals surface area contributed by atoms with E-state index in [1.165, 1.54) is 37.3 Å². The van der Waals surface area contributed by atoms with Gasteiger partial charge in [-0.25, -0.2) is 4.98 Å². The Morgan fingerprint density at radius 2 is 1.76 bits per heavy atom. The van der Waals surface area contributed by atoms with Gasteiger partial charge in [0.25, 0.3) is 11.4 Å². The minimum atomic E-state index is -0.872. The van der Waals surface area contributed by atoms with Crippen LogP contribution in [-0.4, -0.2) is 31.6 Å². The van der Waals surface area contributed by atoms with E-state index in [2.05, 4.69) is 10.1 Å². The van der Waals surface area contributed by atoms with Gasteiger partial charge in [-0.05, 0) is 30.3 Å². The van der Waals surface area contributed by atoms with Crippen LogP contribution in [0.25, 0.3) is 0 Å². The fourth-order valence-electron chi connectivity index (χ4n) is 3.01. The van der Waals surface area contributed by atoms with E-state index in [1.54, 1.807) is 30.3 Å². The smallest absolute Gasteiger partial charge is 0.287 e. The first-order valence-corrected chi connectivity index (χ1v) is 9.50. The topological polar surface area (TPSA) is 150 Å². The summed E-state index contributed by atoms with van der Waals surface area (Å²) in [6.07, 6.45) is 0.219. The lowest BCUT2D eigenvalue weighted by molar-refractivity contribution is -0.385. The van der Waals surface area contributed by atoms with Gasteiger partial charge in [0, 0.05) is 42.3 Å². The van der Waals surface area contributed by atoms with Crippen LogP contribution in [0.1, 0.15) is 24.3 Å². The quantitative estimate of drug-likeness (QED) is 0.406. The number of hydrazone groups is 1. The van der Waals surface area contributed by atoms with Gasteiger partial charge in [0.15, 0.2) is 0 Å². The van der Waals surface area contributed by atoms with Crippen molar-refractivity contribution in [3.8, 4) is 11.6 Å². The van der Waals surface area contributed by atoms with Crippen molar-refractivity contribution in [2.75, 3.05) is 0 Å². The van der Waals surface area contributed by atoms with Gasteiger partial charge in [-0.1, -0.05) is 6.07 Å². The highest BCUT2D eigenvalue weighted by molar-refractivity contribution is 5.96. The molecule has 4 rings (SSSR count). The van der Waals surface area contributed by atoms with Gasteiger partial charge in [-0.15, -0.1) is 5.10 Å². The summed E-state index contributed by atoms with van der Waals surface area (Å²) in [5, 5.41) is 27.1. The number of hydrogen-bond donors (Lipinski definition) is 0. The third-order valence-electron chi connectivity index (χ3n) is 4.59. The highest BCUT2D eigenvalue weighted by Gasteiger charge is 2.33. The van der Waals surface area contributed by atoms with Crippen LogP contribution in [0.5, 0.6) is 11.6 Å². The SMILES string of the molecule is CC(=O)N1N=C(c2cccc([N+](=O)[O-])c2)O[C@@H]1c1ccc(Oc2ccc([N+](=O)[O-])cn2)cc1. The molecule has 12 nitrogen and oxygen atoms in total. The zero-order chi connectivity index (χ0) is 23.5. The van der Waals surface area contributed by atoms with Crippen molar-refractivity contribution in [2.45, 2.75) is 13.2 Å². The van der Waals surface area contributed by atoms with Crippen LogP contribution in [0.3, 0.4) is 0 Å². The monoisotopic (exact) mass is 449 g/mol. The second-order valence-corrected chi connectivity index (χ2v) is 6.83. The van der Waals surface area contributed by atoms with E-state index in [4.69, 9.17) is 9.47 Å². The molecule has 166 valence electrons. The van der Waals surface area contributed by atoms with Crippen LogP contribution in [0.2, 0.25) is 0 Å². The van der Waals surface area contributed by atoms with Crippen molar-refractivity contribution in [1.29, 1.82) is 0 Å². The molecule has 0 bridgehead atoms. The van der Waals surface area contributed by atoms with Crippen LogP contribution in [-0.2, 0) is 9.53 Å². The van der Waals surface area contributed by atoms with Crippen LogP contribution in [0.15, 0.2) is 72.0 Å². The Morgan fingerprint density at radius 3 is 2.36 bits per heavy atom. The zero-order valence-electron chi connectivity index (χ0n) is 17.0. The average molecular weight is 449 g/mol. The number of carbonyl (C=O) groups is 1. The average Bonchev–Trinajstić information content (AvgIpc) is 3.26. The molecule has 2 heterocycles. The van der Waals surface area contributed by atoms with Gasteiger partial charge >= 0.3 is 0 Å². The Labute approximate surface area is 186 Å². The number of nitro benzene ring substituents is 1. The number of aromatic nitrogens is 1. The minimum Gasteiger partial charge on any atom is -0.446 e. The predicted octanol–water partition coefficient (Wildman–Crippen LogP) is 3.93. The predicted molar refractivity (Wildman–Crippen MR) is 113 cm³/mol. The first-order valence-electron chi connectivity index (χ1n) is 9.50. The lowest BCUT2D eigenvalue weighted by Crippen LogP contribution is -2.25. The molecular formula is C21H15N5O7. The molecule has 1 aromatic heterocycles. The van der Waals surface area contributed by atoms with E-state index in [1.807, 2.05) is 0 Å². The first kappa shape index (κ1) is 21.4. The van der Waals surface area contributed by atoms with E-state index < -0.39 is 16.1 Å². The number of pyridine rings is 1. The largest absolute Gasteiger partial charge is 0.446 e. The molecule has 1 atom stereocenters. The molecule has 0 N–H and O–H groups in total. The summed E-state index contributed by atoms with van der Waals surface area (Å²) in [6.45, 7) is 1.33. The Hall–Kier alpha value is -4.87. The number of non-ortho nitro benzene ring substituents is 1. The number of carbonyl (C=O) groups excluding carboxylic acids is 1. The molecule has 0 unspecified atom stereocenters. The standard InChI is InChI=1S/C21H15N5O7/c1-13(27)24-21(33-20(23-24)15-3-2-4-16(11-15)25(28)29)14-5-8-18(9-6-14)32-19-10-7-17(12-22-19)26(30)31/h2-12,21H,1H3/t21-/m1/s1. The Balaban J connectivity index is 1.52. The summed E-state index contributed by atoms with van der Waals surface area (Å²) < 4.78 is 11.4. The van der Waals surface area contributed by atoms with E-state index in [-0.39, 0.29) is 29.1 Å². The van der Waals surface area contributed by atoms with Crippen LogP contribution in [0.4, 0.5) is 11.4 Å². The molecule has 3 aromatic rings. The number of benzene rings is 2. The first-order chi connectivity index (χ1) is 15.8. The third-order valence-corrected chi connectivity index (χ3v) is 4.59. The maximum Gasteiger partial charge on any atom is 0.287 e. The van der Waals surface area contributed by atoms with Crippen LogP contribution in [0, 0.1) is 20.2 Å². The lowest BCUT2D eigenvalue weighted by Gasteiger charge is -2.19. The molecule has 0 aliphatic carbocycles. The van der Waals surface area contributed by atoms with E-state index in [0.29, 0.717) is 16.9 Å². The molecule has 1 aliphatic rings. The van der Waals surface area contributed by atoms with E-state index in [0.717, 1.165) is 11.2 Å². The normalized spacial score (nSPS) is 14.9. The van der Waals surface area contributed by atoms with Crippen LogP contribution >= 0.6 is 0 Å². The summed E-state index contributed by atoms with van der Waals surface area (Å²) in [5.41, 5.74) is 0.665. The van der Waals surface area contributed by atoms with Gasteiger partial charge in [0.1, 0.15) is 11.9 Å². The summed E-state index contributed by atoms with van der Waals surface area (Å²) in [4.78, 5) is 36.7. The minimum absolute atomic E-state index is 0.0781. The highest BCUT2D eigenvalue weighted by Crippen LogP contribution is 2.32. The molecule has 1 amide bonds. The molecule has 0 saturated heterocycles. The fraction of sp³-hybridized carbons (Fsp3) is 0.0952. The number of ether oxygens (including phenoxy) is 2. The van der Waals surface area contributed by atoms with Gasteiger partial charge < -0.3 is 9.47 Å². The van der Waals surface area contributed by atoms with Crippen molar-refractivity contribution in [3.05, 3.63) is 98.2 Å². The highest BCUT2D eigenvalue weighted by atomic mass is 16.6. The molecule has 2 aromatic carbocycles. The number of nitrogens with zero attached hydrogens (tertiary/aromatic N) is 5. The van der Waals surface area contributed by atoms with Gasteiger partial charge in [-0.3, -0.25) is 25.0 Å². The number of nitro groups is 2. The van der Waals surface area contributed by atoms with Crippen molar-refractivity contribution >= 4 is 23.2 Å². The third kappa shape index (κ3) is 4.58. The number of hydrogen-bond acceptors (Lipinski definition) is 9. The zero-order valence-corrected chi connectivity index (χ0v) is 17.0. The maximum absolute atomic E-state index is 12.1. The van der Waals surface area contributed by atoms with Crippen molar-refractivity contribution < 1.29 is 24.1 Å².